The molecule has 8 nitrogen and oxygen atoms in total. The monoisotopic (exact) mass is 359 g/mol. The Balaban J connectivity index is 1.39. The van der Waals surface area contributed by atoms with Gasteiger partial charge < -0.3 is 15.2 Å². The first-order valence-electron chi connectivity index (χ1n) is 8.36. The average Bonchev–Trinajstić information content (AvgIpc) is 3.37. The Labute approximate surface area is 155 Å². The molecule has 0 saturated carbocycles. The van der Waals surface area contributed by atoms with Gasteiger partial charge in [-0.2, -0.15) is 5.10 Å². The second-order valence-corrected chi connectivity index (χ2v) is 5.82. The number of amides is 1. The summed E-state index contributed by atoms with van der Waals surface area (Å²) in [6.07, 6.45) is 8.70. The number of hydrogen-bond acceptors (Lipinski definition) is 5. The SMILES string of the molecule is O=C(Cn1cccc1)Nc1ccc(Nc2cc(-n3cccn3)ncn2)cc1. The van der Waals surface area contributed by atoms with E-state index in [0.29, 0.717) is 11.6 Å². The van der Waals surface area contributed by atoms with Crippen LogP contribution in [0.2, 0.25) is 0 Å². The lowest BCUT2D eigenvalue weighted by molar-refractivity contribution is -0.116. The van der Waals surface area contributed by atoms with Gasteiger partial charge in [-0.3, -0.25) is 4.79 Å². The molecule has 1 aromatic carbocycles. The van der Waals surface area contributed by atoms with Crippen LogP contribution in [0.25, 0.3) is 5.82 Å². The first-order valence-corrected chi connectivity index (χ1v) is 8.36. The van der Waals surface area contributed by atoms with Gasteiger partial charge in [0.2, 0.25) is 5.91 Å². The van der Waals surface area contributed by atoms with E-state index in [2.05, 4.69) is 25.7 Å². The third-order valence-electron chi connectivity index (χ3n) is 3.83. The maximum absolute atomic E-state index is 12.0. The van der Waals surface area contributed by atoms with Crippen molar-refractivity contribution in [3.63, 3.8) is 0 Å². The minimum absolute atomic E-state index is 0.0772. The number of anilines is 3. The summed E-state index contributed by atoms with van der Waals surface area (Å²) in [6, 6.07) is 14.8. The molecule has 27 heavy (non-hydrogen) atoms. The third-order valence-corrected chi connectivity index (χ3v) is 3.83. The predicted molar refractivity (Wildman–Crippen MR) is 102 cm³/mol. The van der Waals surface area contributed by atoms with Crippen molar-refractivity contribution in [1.82, 2.24) is 24.3 Å². The molecule has 4 aromatic rings. The molecule has 0 radical (unpaired) electrons. The van der Waals surface area contributed by atoms with E-state index in [1.807, 2.05) is 65.6 Å². The molecule has 0 fully saturated rings. The maximum atomic E-state index is 12.0. The first-order chi connectivity index (χ1) is 13.3. The van der Waals surface area contributed by atoms with Gasteiger partial charge >= 0.3 is 0 Å². The molecule has 4 rings (SSSR count). The van der Waals surface area contributed by atoms with Crippen LogP contribution in [-0.2, 0) is 11.3 Å². The summed E-state index contributed by atoms with van der Waals surface area (Å²) in [5.41, 5.74) is 1.58. The number of carbonyl (C=O) groups excluding carboxylic acids is 1. The van der Waals surface area contributed by atoms with Crippen LogP contribution in [0, 0.1) is 0 Å². The summed E-state index contributed by atoms with van der Waals surface area (Å²) in [4.78, 5) is 20.5. The highest BCUT2D eigenvalue weighted by Gasteiger charge is 2.04. The zero-order valence-corrected chi connectivity index (χ0v) is 14.4. The van der Waals surface area contributed by atoms with E-state index in [0.717, 1.165) is 11.4 Å². The zero-order valence-electron chi connectivity index (χ0n) is 14.4. The maximum Gasteiger partial charge on any atom is 0.244 e. The van der Waals surface area contributed by atoms with Gasteiger partial charge in [0.1, 0.15) is 18.7 Å². The summed E-state index contributed by atoms with van der Waals surface area (Å²) in [6.45, 7) is 0.282. The Morgan fingerprint density at radius 1 is 0.963 bits per heavy atom. The Morgan fingerprint density at radius 2 is 1.74 bits per heavy atom. The summed E-state index contributed by atoms with van der Waals surface area (Å²) >= 11 is 0. The lowest BCUT2D eigenvalue weighted by atomic mass is 10.2. The third kappa shape index (κ3) is 4.18. The molecule has 0 unspecified atom stereocenters. The number of rotatable bonds is 6. The van der Waals surface area contributed by atoms with E-state index in [1.54, 1.807) is 16.9 Å². The number of carbonyl (C=O) groups is 1. The number of nitrogens with zero attached hydrogens (tertiary/aromatic N) is 5. The highest BCUT2D eigenvalue weighted by atomic mass is 16.1. The average molecular weight is 359 g/mol. The molecule has 134 valence electrons. The largest absolute Gasteiger partial charge is 0.345 e. The van der Waals surface area contributed by atoms with E-state index in [9.17, 15) is 4.79 Å². The summed E-state index contributed by atoms with van der Waals surface area (Å²) in [7, 11) is 0. The van der Waals surface area contributed by atoms with E-state index < -0.39 is 0 Å². The van der Waals surface area contributed by atoms with Gasteiger partial charge in [-0.25, -0.2) is 14.6 Å². The Kier molecular flexibility index (Phi) is 4.60. The van der Waals surface area contributed by atoms with E-state index in [4.69, 9.17) is 0 Å². The summed E-state index contributed by atoms with van der Waals surface area (Å²) in [5, 5.41) is 10.2. The number of benzene rings is 1. The lowest BCUT2D eigenvalue weighted by Crippen LogP contribution is -2.17. The zero-order chi connectivity index (χ0) is 18.5. The predicted octanol–water partition coefficient (Wildman–Crippen LogP) is 2.85. The molecule has 3 heterocycles. The van der Waals surface area contributed by atoms with Gasteiger partial charge in [-0.1, -0.05) is 0 Å². The number of nitrogens with one attached hydrogen (secondary N) is 2. The van der Waals surface area contributed by atoms with Crippen LogP contribution in [0.5, 0.6) is 0 Å². The van der Waals surface area contributed by atoms with Crippen molar-refractivity contribution in [1.29, 1.82) is 0 Å². The van der Waals surface area contributed by atoms with Gasteiger partial charge in [0, 0.05) is 42.2 Å². The van der Waals surface area contributed by atoms with Crippen molar-refractivity contribution >= 4 is 23.1 Å². The molecule has 0 atom stereocenters. The second-order valence-electron chi connectivity index (χ2n) is 5.82. The standard InChI is InChI=1S/C19H17N7O/c27-19(13-25-9-1-2-10-25)24-16-6-4-15(5-7-16)23-17-12-18(21-14-20-17)26-11-3-8-22-26/h1-12,14H,13H2,(H,24,27)(H,20,21,23). The van der Waals surface area contributed by atoms with E-state index in [1.165, 1.54) is 6.33 Å². The molecular formula is C19H17N7O. The lowest BCUT2D eigenvalue weighted by Gasteiger charge is -2.09. The molecule has 0 spiro atoms. The van der Waals surface area contributed by atoms with Crippen LogP contribution in [0.15, 0.2) is 79.6 Å². The second kappa shape index (κ2) is 7.52. The van der Waals surface area contributed by atoms with Gasteiger partial charge in [-0.05, 0) is 42.5 Å². The molecular weight excluding hydrogens is 342 g/mol. The fraction of sp³-hybridized carbons (Fsp3) is 0.0526. The van der Waals surface area contributed by atoms with Crippen molar-refractivity contribution in [2.75, 3.05) is 10.6 Å². The van der Waals surface area contributed by atoms with E-state index >= 15 is 0 Å². The minimum Gasteiger partial charge on any atom is -0.345 e. The highest BCUT2D eigenvalue weighted by molar-refractivity contribution is 5.90. The molecule has 0 aliphatic carbocycles. The van der Waals surface area contributed by atoms with Crippen LogP contribution in [-0.4, -0.2) is 30.2 Å². The molecule has 0 saturated heterocycles. The first kappa shape index (κ1) is 16.5. The molecule has 0 aliphatic rings. The van der Waals surface area contributed by atoms with Crippen molar-refractivity contribution in [2.24, 2.45) is 0 Å². The van der Waals surface area contributed by atoms with Gasteiger partial charge in [0.25, 0.3) is 0 Å². The smallest absolute Gasteiger partial charge is 0.244 e. The number of aromatic nitrogens is 5. The Bertz CT molecular complexity index is 1010. The van der Waals surface area contributed by atoms with Crippen molar-refractivity contribution in [2.45, 2.75) is 6.54 Å². The Morgan fingerprint density at radius 3 is 2.48 bits per heavy atom. The van der Waals surface area contributed by atoms with Crippen molar-refractivity contribution in [3.05, 3.63) is 79.6 Å². The highest BCUT2D eigenvalue weighted by Crippen LogP contribution is 2.18. The van der Waals surface area contributed by atoms with E-state index in [-0.39, 0.29) is 12.5 Å². The van der Waals surface area contributed by atoms with Crippen LogP contribution in [0.3, 0.4) is 0 Å². The topological polar surface area (TPSA) is 89.7 Å². The molecule has 8 heteroatoms. The molecule has 3 aromatic heterocycles. The van der Waals surface area contributed by atoms with Gasteiger partial charge in [-0.15, -0.1) is 0 Å². The fourth-order valence-corrected chi connectivity index (χ4v) is 2.57. The molecule has 2 N–H and O–H groups in total. The van der Waals surface area contributed by atoms with Gasteiger partial charge in [0.05, 0.1) is 0 Å². The molecule has 1 amide bonds. The van der Waals surface area contributed by atoms with Crippen molar-refractivity contribution in [3.8, 4) is 5.82 Å². The summed E-state index contributed by atoms with van der Waals surface area (Å²) in [5.74, 6) is 1.25. The quantitative estimate of drug-likeness (QED) is 0.552. The molecule has 0 bridgehead atoms. The Hall–Kier alpha value is -3.94. The van der Waals surface area contributed by atoms with Gasteiger partial charge in [0.15, 0.2) is 5.82 Å². The van der Waals surface area contributed by atoms with Crippen LogP contribution in [0.4, 0.5) is 17.2 Å². The van der Waals surface area contributed by atoms with Crippen LogP contribution in [0.1, 0.15) is 0 Å². The summed E-state index contributed by atoms with van der Waals surface area (Å²) < 4.78 is 3.48. The normalized spacial score (nSPS) is 10.5. The minimum atomic E-state index is -0.0772. The number of hydrogen-bond donors (Lipinski definition) is 2. The van der Waals surface area contributed by atoms with Crippen LogP contribution >= 0.6 is 0 Å². The van der Waals surface area contributed by atoms with Crippen LogP contribution < -0.4 is 10.6 Å². The molecule has 0 aliphatic heterocycles. The fourth-order valence-electron chi connectivity index (χ4n) is 2.57. The van der Waals surface area contributed by atoms with Crippen molar-refractivity contribution < 1.29 is 4.79 Å².